The average molecular weight is 303 g/mol. The third-order valence-electron chi connectivity index (χ3n) is 2.09. The monoisotopic (exact) mass is 302 g/mol. The van der Waals surface area contributed by atoms with Gasteiger partial charge in [-0.3, -0.25) is 5.43 Å². The van der Waals surface area contributed by atoms with Gasteiger partial charge in [0, 0.05) is 6.07 Å². The van der Waals surface area contributed by atoms with Crippen LogP contribution in [0.1, 0.15) is 5.56 Å². The maximum absolute atomic E-state index is 12.8. The fourth-order valence-electron chi connectivity index (χ4n) is 1.19. The van der Waals surface area contributed by atoms with Crippen LogP contribution >= 0.6 is 11.6 Å². The Hall–Kier alpha value is -2.45. The number of nitrogens with zero attached hydrogens (tertiary/aromatic N) is 3. The number of rotatable bonds is 3. The topological polar surface area (TPSA) is 81.2 Å². The Morgan fingerprint density at radius 3 is 2.40 bits per heavy atom. The minimum atomic E-state index is -4.68. The Balaban J connectivity index is 3.31. The lowest BCUT2D eigenvalue weighted by Gasteiger charge is -2.14. The van der Waals surface area contributed by atoms with Gasteiger partial charge in [0.2, 0.25) is 5.71 Å². The second-order valence-corrected chi connectivity index (χ2v) is 3.71. The summed E-state index contributed by atoms with van der Waals surface area (Å²) in [4.78, 5) is 0. The first-order valence-electron chi connectivity index (χ1n) is 4.92. The lowest BCUT2D eigenvalue weighted by atomic mass is 10.2. The summed E-state index contributed by atoms with van der Waals surface area (Å²) in [6.45, 7) is 0. The minimum absolute atomic E-state index is 0.102. The number of nitrogens with one attached hydrogen (secondary N) is 1. The van der Waals surface area contributed by atoms with Crippen molar-refractivity contribution in [3.05, 3.63) is 22.7 Å². The van der Waals surface area contributed by atoms with Crippen LogP contribution in [0.15, 0.2) is 17.2 Å². The van der Waals surface area contributed by atoms with Crippen molar-refractivity contribution in [2.45, 2.75) is 6.18 Å². The summed E-state index contributed by atoms with van der Waals surface area (Å²) in [6, 6.07) is 4.78. The molecule has 20 heavy (non-hydrogen) atoms. The van der Waals surface area contributed by atoms with Crippen LogP contribution in [0.5, 0.6) is 5.75 Å². The molecular weight excluding hydrogens is 297 g/mol. The summed E-state index contributed by atoms with van der Waals surface area (Å²) in [5.74, 6) is -0.102. The summed E-state index contributed by atoms with van der Waals surface area (Å²) in [5.41, 5.74) is 0.221. The Morgan fingerprint density at radius 1 is 1.35 bits per heavy atom. The number of alkyl halides is 3. The number of hydrazone groups is 1. The molecule has 0 aliphatic heterocycles. The Bertz CT molecular complexity index is 612. The highest BCUT2D eigenvalue weighted by Gasteiger charge is 2.35. The molecule has 0 amide bonds. The predicted octanol–water partition coefficient (Wildman–Crippen LogP) is 3.18. The minimum Gasteiger partial charge on any atom is -0.497 e. The summed E-state index contributed by atoms with van der Waals surface area (Å²) in [6.07, 6.45) is -4.68. The van der Waals surface area contributed by atoms with E-state index in [-0.39, 0.29) is 11.4 Å². The fraction of sp³-hybridized carbons (Fsp3) is 0.182. The molecule has 0 aliphatic rings. The number of benzene rings is 1. The quantitative estimate of drug-likeness (QED) is 0.687. The van der Waals surface area contributed by atoms with E-state index in [0.29, 0.717) is 0 Å². The molecule has 0 aromatic heterocycles. The zero-order valence-corrected chi connectivity index (χ0v) is 10.7. The van der Waals surface area contributed by atoms with Gasteiger partial charge in [0.1, 0.15) is 17.9 Å². The molecule has 0 saturated carbocycles. The number of ether oxygens (including phenoxy) is 1. The first-order valence-corrected chi connectivity index (χ1v) is 5.30. The van der Waals surface area contributed by atoms with Crippen molar-refractivity contribution < 1.29 is 17.9 Å². The van der Waals surface area contributed by atoms with Gasteiger partial charge < -0.3 is 4.74 Å². The molecule has 0 fully saturated rings. The lowest BCUT2D eigenvalue weighted by Crippen LogP contribution is -2.08. The van der Waals surface area contributed by atoms with Gasteiger partial charge >= 0.3 is 6.18 Å². The highest BCUT2D eigenvalue weighted by Crippen LogP contribution is 2.41. The number of anilines is 1. The number of methoxy groups -OCH3 is 1. The first-order chi connectivity index (χ1) is 9.33. The second-order valence-electron chi connectivity index (χ2n) is 3.33. The van der Waals surface area contributed by atoms with Gasteiger partial charge in [0.25, 0.3) is 0 Å². The maximum atomic E-state index is 12.8. The van der Waals surface area contributed by atoms with Gasteiger partial charge in [-0.25, -0.2) is 0 Å². The number of nitriles is 2. The van der Waals surface area contributed by atoms with E-state index in [0.717, 1.165) is 12.1 Å². The average Bonchev–Trinajstić information content (AvgIpc) is 2.40. The van der Waals surface area contributed by atoms with Crippen molar-refractivity contribution in [1.29, 1.82) is 10.5 Å². The van der Waals surface area contributed by atoms with Crippen molar-refractivity contribution in [3.8, 4) is 17.9 Å². The van der Waals surface area contributed by atoms with Gasteiger partial charge in [-0.05, 0) is 6.07 Å². The zero-order valence-electron chi connectivity index (χ0n) is 9.92. The SMILES string of the molecule is COc1cc(NN=C(C#N)C#N)c(Cl)c(C(F)(F)F)c1. The van der Waals surface area contributed by atoms with Crippen LogP contribution < -0.4 is 10.2 Å². The van der Waals surface area contributed by atoms with Gasteiger partial charge in [-0.15, -0.1) is 0 Å². The normalized spacial score (nSPS) is 10.2. The van der Waals surface area contributed by atoms with Crippen LogP contribution in [0.3, 0.4) is 0 Å². The lowest BCUT2D eigenvalue weighted by molar-refractivity contribution is -0.137. The molecule has 0 aliphatic carbocycles. The smallest absolute Gasteiger partial charge is 0.418 e. The van der Waals surface area contributed by atoms with E-state index >= 15 is 0 Å². The van der Waals surface area contributed by atoms with E-state index in [1.807, 2.05) is 0 Å². The van der Waals surface area contributed by atoms with Gasteiger partial charge in [-0.2, -0.15) is 28.8 Å². The first kappa shape index (κ1) is 15.6. The zero-order chi connectivity index (χ0) is 15.3. The van der Waals surface area contributed by atoms with Gasteiger partial charge in [-0.1, -0.05) is 11.6 Å². The molecule has 0 radical (unpaired) electrons. The largest absolute Gasteiger partial charge is 0.497 e. The van der Waals surface area contributed by atoms with Crippen molar-refractivity contribution >= 4 is 23.0 Å². The highest BCUT2D eigenvalue weighted by atomic mass is 35.5. The molecule has 0 saturated heterocycles. The van der Waals surface area contributed by atoms with E-state index < -0.39 is 22.5 Å². The molecule has 1 N–H and O–H groups in total. The van der Waals surface area contributed by atoms with Crippen LogP contribution in [0.2, 0.25) is 5.02 Å². The Kier molecular flexibility index (Phi) is 4.78. The van der Waals surface area contributed by atoms with Crippen molar-refractivity contribution in [1.82, 2.24) is 0 Å². The van der Waals surface area contributed by atoms with Crippen molar-refractivity contribution in [2.75, 3.05) is 12.5 Å². The van der Waals surface area contributed by atoms with Crippen LogP contribution in [0, 0.1) is 22.7 Å². The molecular formula is C11H6ClF3N4O. The van der Waals surface area contributed by atoms with Crippen LogP contribution in [-0.4, -0.2) is 12.8 Å². The van der Waals surface area contributed by atoms with Crippen LogP contribution in [0.25, 0.3) is 0 Å². The molecule has 1 aromatic rings. The Labute approximate surface area is 116 Å². The molecule has 1 rings (SSSR count). The fourth-order valence-corrected chi connectivity index (χ4v) is 1.45. The van der Waals surface area contributed by atoms with E-state index in [1.165, 1.54) is 19.2 Å². The van der Waals surface area contributed by atoms with Crippen LogP contribution in [-0.2, 0) is 6.18 Å². The molecule has 0 unspecified atom stereocenters. The number of hydrogen-bond acceptors (Lipinski definition) is 5. The van der Waals surface area contributed by atoms with Crippen molar-refractivity contribution in [3.63, 3.8) is 0 Å². The standard InChI is InChI=1S/C11H6ClF3N4O/c1-20-7-2-8(11(13,14)15)10(12)9(3-7)19-18-6(4-16)5-17/h2-3,19H,1H3. The number of halogens is 4. The highest BCUT2D eigenvalue weighted by molar-refractivity contribution is 6.34. The van der Waals surface area contributed by atoms with Crippen molar-refractivity contribution in [2.24, 2.45) is 5.10 Å². The maximum Gasteiger partial charge on any atom is 0.418 e. The predicted molar refractivity (Wildman–Crippen MR) is 65.3 cm³/mol. The van der Waals surface area contributed by atoms with E-state index in [9.17, 15) is 13.2 Å². The molecule has 1 aromatic carbocycles. The molecule has 5 nitrogen and oxygen atoms in total. The summed E-state index contributed by atoms with van der Waals surface area (Å²) in [5, 5.41) is 19.6. The second kappa shape index (κ2) is 6.13. The van der Waals surface area contributed by atoms with Gasteiger partial charge in [0.05, 0.1) is 23.4 Å². The molecule has 104 valence electrons. The third-order valence-corrected chi connectivity index (χ3v) is 2.49. The molecule has 0 bridgehead atoms. The van der Waals surface area contributed by atoms with E-state index in [4.69, 9.17) is 26.9 Å². The van der Waals surface area contributed by atoms with E-state index in [2.05, 4.69) is 10.5 Å². The molecule has 0 heterocycles. The Morgan fingerprint density at radius 2 is 1.95 bits per heavy atom. The van der Waals surface area contributed by atoms with Crippen LogP contribution in [0.4, 0.5) is 18.9 Å². The number of hydrogen-bond donors (Lipinski definition) is 1. The summed E-state index contributed by atoms with van der Waals surface area (Å²) >= 11 is 5.62. The molecule has 9 heteroatoms. The third kappa shape index (κ3) is 3.53. The van der Waals surface area contributed by atoms with Gasteiger partial charge in [0.15, 0.2) is 0 Å². The summed E-state index contributed by atoms with van der Waals surface area (Å²) in [7, 11) is 1.19. The summed E-state index contributed by atoms with van der Waals surface area (Å²) < 4.78 is 43.0. The molecule has 0 spiro atoms. The van der Waals surface area contributed by atoms with E-state index in [1.54, 1.807) is 0 Å². The molecule has 0 atom stereocenters.